The van der Waals surface area contributed by atoms with Crippen LogP contribution in [0.5, 0.6) is 11.5 Å². The second-order valence-electron chi connectivity index (χ2n) is 4.21. The van der Waals surface area contributed by atoms with Gasteiger partial charge >= 0.3 is 0 Å². The molecule has 0 aliphatic carbocycles. The quantitative estimate of drug-likeness (QED) is 0.449. The van der Waals surface area contributed by atoms with Crippen LogP contribution in [-0.4, -0.2) is 4.92 Å². The van der Waals surface area contributed by atoms with Gasteiger partial charge in [-0.1, -0.05) is 23.7 Å². The molecular weight excluding hydrogens is 301 g/mol. The molecule has 0 aliphatic rings. The number of alkyl halides is 1. The van der Waals surface area contributed by atoms with Crippen LogP contribution in [0.4, 0.5) is 5.69 Å². The predicted molar refractivity (Wildman–Crippen MR) is 78.9 cm³/mol. The molecule has 0 aromatic heterocycles. The lowest BCUT2D eigenvalue weighted by Gasteiger charge is -2.10. The van der Waals surface area contributed by atoms with Crippen molar-refractivity contribution in [2.24, 2.45) is 0 Å². The first-order valence-corrected chi connectivity index (χ1v) is 6.70. The first kappa shape index (κ1) is 14.6. The SMILES string of the molecule is Cc1ccc(CCl)cc1Oc1ccc([N+](=O)[O-])c(Cl)c1. The molecule has 2 aromatic carbocycles. The number of benzene rings is 2. The van der Waals surface area contributed by atoms with Crippen LogP contribution in [0, 0.1) is 17.0 Å². The van der Waals surface area contributed by atoms with E-state index in [2.05, 4.69) is 0 Å². The van der Waals surface area contributed by atoms with Crippen LogP contribution < -0.4 is 4.74 Å². The van der Waals surface area contributed by atoms with Crippen LogP contribution >= 0.6 is 23.2 Å². The Morgan fingerprint density at radius 2 is 2.00 bits per heavy atom. The van der Waals surface area contributed by atoms with Crippen LogP contribution in [-0.2, 0) is 5.88 Å². The Hall–Kier alpha value is -1.78. The molecule has 0 saturated heterocycles. The number of nitrogens with zero attached hydrogens (tertiary/aromatic N) is 1. The Labute approximate surface area is 126 Å². The average molecular weight is 312 g/mol. The Morgan fingerprint density at radius 3 is 2.60 bits per heavy atom. The highest BCUT2D eigenvalue weighted by atomic mass is 35.5. The van der Waals surface area contributed by atoms with Gasteiger partial charge in [0, 0.05) is 18.0 Å². The van der Waals surface area contributed by atoms with Crippen LogP contribution in [0.25, 0.3) is 0 Å². The zero-order chi connectivity index (χ0) is 14.7. The standard InChI is InChI=1S/C14H11Cl2NO3/c1-9-2-3-10(8-15)6-14(9)20-11-4-5-13(17(18)19)12(16)7-11/h2-7H,8H2,1H3. The van der Waals surface area contributed by atoms with E-state index in [1.165, 1.54) is 18.2 Å². The Balaban J connectivity index is 2.30. The van der Waals surface area contributed by atoms with Gasteiger partial charge in [0.05, 0.1) is 4.92 Å². The van der Waals surface area contributed by atoms with E-state index in [1.54, 1.807) is 0 Å². The van der Waals surface area contributed by atoms with Crippen molar-refractivity contribution in [3.8, 4) is 11.5 Å². The van der Waals surface area contributed by atoms with Gasteiger partial charge in [0.2, 0.25) is 0 Å². The molecule has 2 rings (SSSR count). The zero-order valence-electron chi connectivity index (χ0n) is 10.6. The summed E-state index contributed by atoms with van der Waals surface area (Å²) in [5, 5.41) is 10.7. The van der Waals surface area contributed by atoms with Crippen molar-refractivity contribution in [3.05, 3.63) is 62.7 Å². The van der Waals surface area contributed by atoms with Crippen molar-refractivity contribution in [3.63, 3.8) is 0 Å². The summed E-state index contributed by atoms with van der Waals surface area (Å²) in [7, 11) is 0. The fourth-order valence-corrected chi connectivity index (χ4v) is 2.07. The number of hydrogen-bond acceptors (Lipinski definition) is 3. The maximum atomic E-state index is 10.7. The summed E-state index contributed by atoms with van der Waals surface area (Å²) in [4.78, 5) is 10.2. The van der Waals surface area contributed by atoms with E-state index in [1.807, 2.05) is 25.1 Å². The second-order valence-corrected chi connectivity index (χ2v) is 4.88. The van der Waals surface area contributed by atoms with E-state index < -0.39 is 4.92 Å². The Morgan fingerprint density at radius 1 is 1.25 bits per heavy atom. The van der Waals surface area contributed by atoms with Gasteiger partial charge in [-0.3, -0.25) is 10.1 Å². The number of hydrogen-bond donors (Lipinski definition) is 0. The van der Waals surface area contributed by atoms with Gasteiger partial charge in [-0.25, -0.2) is 0 Å². The van der Waals surface area contributed by atoms with Crippen molar-refractivity contribution in [1.82, 2.24) is 0 Å². The summed E-state index contributed by atoms with van der Waals surface area (Å²) in [6.07, 6.45) is 0. The van der Waals surface area contributed by atoms with Crippen LogP contribution in [0.1, 0.15) is 11.1 Å². The van der Waals surface area contributed by atoms with Crippen molar-refractivity contribution in [1.29, 1.82) is 0 Å². The van der Waals surface area contributed by atoms with E-state index in [-0.39, 0.29) is 10.7 Å². The molecule has 20 heavy (non-hydrogen) atoms. The van der Waals surface area contributed by atoms with E-state index in [0.29, 0.717) is 17.4 Å². The first-order chi connectivity index (χ1) is 9.51. The highest BCUT2D eigenvalue weighted by Gasteiger charge is 2.13. The molecule has 4 nitrogen and oxygen atoms in total. The molecule has 0 spiro atoms. The largest absolute Gasteiger partial charge is 0.457 e. The van der Waals surface area contributed by atoms with Crippen LogP contribution in [0.15, 0.2) is 36.4 Å². The fourth-order valence-electron chi connectivity index (χ4n) is 1.66. The minimum Gasteiger partial charge on any atom is -0.457 e. The van der Waals surface area contributed by atoms with E-state index >= 15 is 0 Å². The zero-order valence-corrected chi connectivity index (χ0v) is 12.1. The normalized spacial score (nSPS) is 10.3. The molecule has 0 N–H and O–H groups in total. The molecule has 0 saturated carbocycles. The summed E-state index contributed by atoms with van der Waals surface area (Å²) >= 11 is 11.6. The molecule has 0 fully saturated rings. The number of rotatable bonds is 4. The average Bonchev–Trinajstić information content (AvgIpc) is 2.41. The summed E-state index contributed by atoms with van der Waals surface area (Å²) in [6.45, 7) is 1.90. The number of nitro benzene ring substituents is 1. The molecule has 0 unspecified atom stereocenters. The predicted octanol–water partition coefficient (Wildman–Crippen LogP) is 5.09. The third kappa shape index (κ3) is 3.21. The van der Waals surface area contributed by atoms with Gasteiger partial charge in [-0.2, -0.15) is 0 Å². The monoisotopic (exact) mass is 311 g/mol. The maximum absolute atomic E-state index is 10.7. The number of ether oxygens (including phenoxy) is 1. The molecule has 104 valence electrons. The first-order valence-electron chi connectivity index (χ1n) is 5.78. The molecule has 0 amide bonds. The van der Waals surface area contributed by atoms with Crippen molar-refractivity contribution in [2.45, 2.75) is 12.8 Å². The third-order valence-corrected chi connectivity index (χ3v) is 3.36. The highest BCUT2D eigenvalue weighted by Crippen LogP contribution is 2.32. The molecule has 0 bridgehead atoms. The topological polar surface area (TPSA) is 52.4 Å². The molecule has 0 aliphatic heterocycles. The highest BCUT2D eigenvalue weighted by molar-refractivity contribution is 6.32. The second kappa shape index (κ2) is 6.11. The van der Waals surface area contributed by atoms with Gasteiger partial charge in [0.25, 0.3) is 5.69 Å². The molecule has 0 radical (unpaired) electrons. The minimum absolute atomic E-state index is 0.0404. The van der Waals surface area contributed by atoms with Gasteiger partial charge in [-0.15, -0.1) is 11.6 Å². The molecular formula is C14H11Cl2NO3. The summed E-state index contributed by atoms with van der Waals surface area (Å²) in [5.74, 6) is 1.47. The third-order valence-electron chi connectivity index (χ3n) is 2.75. The number of aryl methyl sites for hydroxylation is 1. The van der Waals surface area contributed by atoms with Gasteiger partial charge in [-0.05, 0) is 30.2 Å². The maximum Gasteiger partial charge on any atom is 0.288 e. The fraction of sp³-hybridized carbons (Fsp3) is 0.143. The van der Waals surface area contributed by atoms with E-state index in [9.17, 15) is 10.1 Å². The molecule has 2 aromatic rings. The number of nitro groups is 1. The lowest BCUT2D eigenvalue weighted by molar-refractivity contribution is -0.384. The van der Waals surface area contributed by atoms with Gasteiger partial charge in [0.1, 0.15) is 16.5 Å². The van der Waals surface area contributed by atoms with E-state index in [0.717, 1.165) is 11.1 Å². The molecule has 0 atom stereocenters. The van der Waals surface area contributed by atoms with E-state index in [4.69, 9.17) is 27.9 Å². The Bertz CT molecular complexity index is 659. The van der Waals surface area contributed by atoms with Crippen LogP contribution in [0.2, 0.25) is 5.02 Å². The summed E-state index contributed by atoms with van der Waals surface area (Å²) in [6, 6.07) is 9.90. The lowest BCUT2D eigenvalue weighted by atomic mass is 10.1. The summed E-state index contributed by atoms with van der Waals surface area (Å²) in [5.41, 5.74) is 1.72. The van der Waals surface area contributed by atoms with Gasteiger partial charge < -0.3 is 4.74 Å². The van der Waals surface area contributed by atoms with Crippen LogP contribution in [0.3, 0.4) is 0 Å². The molecule has 6 heteroatoms. The minimum atomic E-state index is -0.536. The van der Waals surface area contributed by atoms with Crippen molar-refractivity contribution >= 4 is 28.9 Å². The van der Waals surface area contributed by atoms with Crippen molar-refractivity contribution < 1.29 is 9.66 Å². The number of halogens is 2. The van der Waals surface area contributed by atoms with Gasteiger partial charge in [0.15, 0.2) is 0 Å². The smallest absolute Gasteiger partial charge is 0.288 e. The molecule has 0 heterocycles. The Kier molecular flexibility index (Phi) is 4.47. The lowest BCUT2D eigenvalue weighted by Crippen LogP contribution is -1.92. The van der Waals surface area contributed by atoms with Crippen molar-refractivity contribution in [2.75, 3.05) is 0 Å². The summed E-state index contributed by atoms with van der Waals surface area (Å²) < 4.78 is 5.70.